The van der Waals surface area contributed by atoms with E-state index in [4.69, 9.17) is 5.73 Å². The Bertz CT molecular complexity index is 374. The van der Waals surface area contributed by atoms with Gasteiger partial charge in [-0.3, -0.25) is 4.79 Å². The first-order valence-electron chi connectivity index (χ1n) is 6.79. The fourth-order valence-electron chi connectivity index (χ4n) is 2.07. The predicted molar refractivity (Wildman–Crippen MR) is 78.7 cm³/mol. The molecule has 1 aromatic rings. The molecule has 0 spiro atoms. The lowest BCUT2D eigenvalue weighted by Gasteiger charge is -2.26. The number of nitrogens with zero attached hydrogens (tertiary/aromatic N) is 1. The van der Waals surface area contributed by atoms with Crippen molar-refractivity contribution in [2.45, 2.75) is 19.4 Å². The topological polar surface area (TPSA) is 58.4 Å². The Morgan fingerprint density at radius 1 is 1.32 bits per heavy atom. The number of hydrogen-bond donors (Lipinski definition) is 2. The average Bonchev–Trinajstić information content (AvgIpc) is 2.41. The lowest BCUT2D eigenvalue weighted by atomic mass is 10.0. The molecular weight excluding hydrogens is 238 g/mol. The molecule has 0 aliphatic rings. The van der Waals surface area contributed by atoms with Crippen molar-refractivity contribution in [1.29, 1.82) is 0 Å². The summed E-state index contributed by atoms with van der Waals surface area (Å²) < 4.78 is 0. The largest absolute Gasteiger partial charge is 0.354 e. The molecule has 0 aliphatic carbocycles. The molecule has 1 amide bonds. The van der Waals surface area contributed by atoms with Crippen molar-refractivity contribution in [3.05, 3.63) is 35.9 Å². The predicted octanol–water partition coefficient (Wildman–Crippen LogP) is 1.39. The zero-order valence-electron chi connectivity index (χ0n) is 12.1. The van der Waals surface area contributed by atoms with Crippen LogP contribution in [0.4, 0.5) is 0 Å². The second kappa shape index (κ2) is 7.92. The van der Waals surface area contributed by atoms with Gasteiger partial charge in [0.05, 0.1) is 6.04 Å². The van der Waals surface area contributed by atoms with Crippen molar-refractivity contribution in [2.24, 2.45) is 11.7 Å². The van der Waals surface area contributed by atoms with Gasteiger partial charge in [0.1, 0.15) is 0 Å². The summed E-state index contributed by atoms with van der Waals surface area (Å²) in [6.07, 6.45) is 0.778. The molecule has 0 radical (unpaired) electrons. The van der Waals surface area contributed by atoms with Crippen LogP contribution in [0.3, 0.4) is 0 Å². The molecule has 19 heavy (non-hydrogen) atoms. The van der Waals surface area contributed by atoms with E-state index in [9.17, 15) is 4.79 Å². The van der Waals surface area contributed by atoms with Crippen LogP contribution in [0.2, 0.25) is 0 Å². The lowest BCUT2D eigenvalue weighted by Crippen LogP contribution is -2.39. The normalized spacial score (nSPS) is 14.2. The van der Waals surface area contributed by atoms with Gasteiger partial charge >= 0.3 is 0 Å². The van der Waals surface area contributed by atoms with Gasteiger partial charge in [0.15, 0.2) is 0 Å². The molecule has 2 unspecified atom stereocenters. The fourth-order valence-corrected chi connectivity index (χ4v) is 2.07. The Balaban J connectivity index is 2.64. The first kappa shape index (κ1) is 15.7. The van der Waals surface area contributed by atoms with E-state index < -0.39 is 0 Å². The number of benzene rings is 1. The maximum Gasteiger partial charge on any atom is 0.224 e. The summed E-state index contributed by atoms with van der Waals surface area (Å²) in [6.45, 7) is 2.99. The van der Waals surface area contributed by atoms with Crippen LogP contribution in [0.15, 0.2) is 30.3 Å². The molecule has 0 aliphatic heterocycles. The fraction of sp³-hybridized carbons (Fsp3) is 0.533. The monoisotopic (exact) mass is 263 g/mol. The Kier molecular flexibility index (Phi) is 6.53. The maximum atomic E-state index is 12.0. The molecule has 2 atom stereocenters. The first-order chi connectivity index (χ1) is 9.10. The van der Waals surface area contributed by atoms with Gasteiger partial charge in [-0.05, 0) is 26.1 Å². The van der Waals surface area contributed by atoms with Gasteiger partial charge in [0, 0.05) is 19.0 Å². The van der Waals surface area contributed by atoms with Gasteiger partial charge in [0.2, 0.25) is 5.91 Å². The third kappa shape index (κ3) is 4.65. The van der Waals surface area contributed by atoms with Crippen LogP contribution in [0.1, 0.15) is 24.9 Å². The molecule has 0 fully saturated rings. The number of likely N-dealkylation sites (N-methyl/N-ethyl adjacent to an activating group) is 1. The molecule has 0 heterocycles. The van der Waals surface area contributed by atoms with Gasteiger partial charge in [0.25, 0.3) is 0 Å². The van der Waals surface area contributed by atoms with Crippen molar-refractivity contribution in [1.82, 2.24) is 10.2 Å². The Morgan fingerprint density at radius 3 is 2.42 bits per heavy atom. The number of rotatable bonds is 7. The zero-order valence-corrected chi connectivity index (χ0v) is 12.1. The quantitative estimate of drug-likeness (QED) is 0.781. The molecule has 1 rings (SSSR count). The lowest BCUT2D eigenvalue weighted by molar-refractivity contribution is -0.125. The number of amides is 1. The standard InChI is InChI=1S/C15H25N3O/c1-4-12(10-16)15(19)17-11-14(18(2)3)13-8-6-5-7-9-13/h5-9,12,14H,4,10-11,16H2,1-3H3,(H,17,19). The SMILES string of the molecule is CCC(CN)C(=O)NCC(c1ccccc1)N(C)C. The average molecular weight is 263 g/mol. The Labute approximate surface area is 116 Å². The number of carbonyl (C=O) groups is 1. The van der Waals surface area contributed by atoms with Crippen molar-refractivity contribution < 1.29 is 4.79 Å². The number of carbonyl (C=O) groups excluding carboxylic acids is 1. The highest BCUT2D eigenvalue weighted by atomic mass is 16.1. The Morgan fingerprint density at radius 2 is 1.95 bits per heavy atom. The molecule has 4 nitrogen and oxygen atoms in total. The van der Waals surface area contributed by atoms with Crippen LogP contribution >= 0.6 is 0 Å². The molecule has 1 aromatic carbocycles. The van der Waals surface area contributed by atoms with Crippen LogP contribution in [0, 0.1) is 5.92 Å². The van der Waals surface area contributed by atoms with Crippen LogP contribution in [0.25, 0.3) is 0 Å². The molecule has 3 N–H and O–H groups in total. The highest BCUT2D eigenvalue weighted by Crippen LogP contribution is 2.16. The first-order valence-corrected chi connectivity index (χ1v) is 6.79. The molecular formula is C15H25N3O. The van der Waals surface area contributed by atoms with Crippen molar-refractivity contribution in [2.75, 3.05) is 27.2 Å². The summed E-state index contributed by atoms with van der Waals surface area (Å²) in [4.78, 5) is 14.1. The van der Waals surface area contributed by atoms with Crippen LogP contribution in [-0.2, 0) is 4.79 Å². The molecule has 0 saturated heterocycles. The minimum atomic E-state index is -0.0846. The van der Waals surface area contributed by atoms with Gasteiger partial charge < -0.3 is 16.0 Å². The summed E-state index contributed by atoms with van der Waals surface area (Å²) >= 11 is 0. The number of nitrogens with two attached hydrogens (primary N) is 1. The van der Waals surface area contributed by atoms with Crippen LogP contribution < -0.4 is 11.1 Å². The van der Waals surface area contributed by atoms with E-state index >= 15 is 0 Å². The van der Waals surface area contributed by atoms with E-state index in [-0.39, 0.29) is 17.9 Å². The second-order valence-corrected chi connectivity index (χ2v) is 4.98. The maximum absolute atomic E-state index is 12.0. The molecule has 4 heteroatoms. The second-order valence-electron chi connectivity index (χ2n) is 4.98. The highest BCUT2D eigenvalue weighted by Gasteiger charge is 2.18. The third-order valence-corrected chi connectivity index (χ3v) is 3.43. The Hall–Kier alpha value is -1.39. The van der Waals surface area contributed by atoms with Crippen molar-refractivity contribution in [3.63, 3.8) is 0 Å². The van der Waals surface area contributed by atoms with Gasteiger partial charge in [-0.2, -0.15) is 0 Å². The minimum absolute atomic E-state index is 0.0489. The van der Waals surface area contributed by atoms with Gasteiger partial charge in [-0.15, -0.1) is 0 Å². The van der Waals surface area contributed by atoms with Gasteiger partial charge in [-0.25, -0.2) is 0 Å². The summed E-state index contributed by atoms with van der Waals surface area (Å²) in [6, 6.07) is 10.4. The van der Waals surface area contributed by atoms with E-state index in [0.29, 0.717) is 13.1 Å². The summed E-state index contributed by atoms with van der Waals surface area (Å²) in [5, 5.41) is 3.00. The van der Waals surface area contributed by atoms with Crippen molar-refractivity contribution in [3.8, 4) is 0 Å². The molecule has 106 valence electrons. The van der Waals surface area contributed by atoms with Crippen molar-refractivity contribution >= 4 is 5.91 Å². The summed E-state index contributed by atoms with van der Waals surface area (Å²) in [5.41, 5.74) is 6.79. The smallest absolute Gasteiger partial charge is 0.224 e. The molecule has 0 bridgehead atoms. The van der Waals surface area contributed by atoms with E-state index in [2.05, 4.69) is 22.3 Å². The van der Waals surface area contributed by atoms with Crippen LogP contribution in [0.5, 0.6) is 0 Å². The van der Waals surface area contributed by atoms with E-state index in [0.717, 1.165) is 6.42 Å². The third-order valence-electron chi connectivity index (χ3n) is 3.43. The number of nitrogens with one attached hydrogen (secondary N) is 1. The molecule has 0 aromatic heterocycles. The highest BCUT2D eigenvalue weighted by molar-refractivity contribution is 5.78. The summed E-state index contributed by atoms with van der Waals surface area (Å²) in [7, 11) is 4.04. The summed E-state index contributed by atoms with van der Waals surface area (Å²) in [5.74, 6) is -0.0358. The zero-order chi connectivity index (χ0) is 14.3. The number of hydrogen-bond acceptors (Lipinski definition) is 3. The van der Waals surface area contributed by atoms with E-state index in [1.165, 1.54) is 5.56 Å². The van der Waals surface area contributed by atoms with Gasteiger partial charge in [-0.1, -0.05) is 37.3 Å². The minimum Gasteiger partial charge on any atom is -0.354 e. The molecule has 0 saturated carbocycles. The van der Waals surface area contributed by atoms with E-state index in [1.54, 1.807) is 0 Å². The van der Waals surface area contributed by atoms with E-state index in [1.807, 2.05) is 39.2 Å². The van der Waals surface area contributed by atoms with Crippen LogP contribution in [-0.4, -0.2) is 38.0 Å².